The van der Waals surface area contributed by atoms with Crippen molar-refractivity contribution in [3.63, 3.8) is 0 Å². The summed E-state index contributed by atoms with van der Waals surface area (Å²) in [6.45, 7) is 0. The standard InChI is InChI=1S/C19H14F4N4O2S2/c1-26-16(29)15-10(7-30-17(15)27(26)2)6-14(28)25-18-24-13(8-31-18)9-3-4-11(12(20)5-9)19(21,22)23/h3-5,7-8H,6H2,1-2H3,(H,24,25,28). The van der Waals surface area contributed by atoms with E-state index in [1.807, 2.05) is 0 Å². The van der Waals surface area contributed by atoms with E-state index in [2.05, 4.69) is 10.3 Å². The van der Waals surface area contributed by atoms with Crippen molar-refractivity contribution in [2.24, 2.45) is 14.1 Å². The first-order valence-corrected chi connectivity index (χ1v) is 10.6. The highest BCUT2D eigenvalue weighted by Gasteiger charge is 2.34. The fourth-order valence-electron chi connectivity index (χ4n) is 3.12. The number of alkyl halides is 3. The number of nitrogens with one attached hydrogen (secondary N) is 1. The first-order valence-electron chi connectivity index (χ1n) is 8.81. The van der Waals surface area contributed by atoms with Crippen LogP contribution in [0.15, 0.2) is 33.8 Å². The van der Waals surface area contributed by atoms with E-state index in [-0.39, 0.29) is 28.4 Å². The van der Waals surface area contributed by atoms with E-state index < -0.39 is 23.5 Å². The van der Waals surface area contributed by atoms with Gasteiger partial charge in [0.2, 0.25) is 5.91 Å². The molecule has 1 aromatic carbocycles. The Labute approximate surface area is 180 Å². The van der Waals surface area contributed by atoms with Crippen LogP contribution >= 0.6 is 22.7 Å². The summed E-state index contributed by atoms with van der Waals surface area (Å²) in [6.07, 6.45) is -4.82. The lowest BCUT2D eigenvalue weighted by Gasteiger charge is -2.08. The number of anilines is 1. The number of hydrogen-bond donors (Lipinski definition) is 1. The number of fused-ring (bicyclic) bond motifs is 1. The topological polar surface area (TPSA) is 68.9 Å². The number of halogens is 4. The van der Waals surface area contributed by atoms with Crippen molar-refractivity contribution in [2.75, 3.05) is 5.32 Å². The van der Waals surface area contributed by atoms with Gasteiger partial charge in [-0.3, -0.25) is 19.0 Å². The molecule has 0 atom stereocenters. The molecule has 0 spiro atoms. The van der Waals surface area contributed by atoms with Crippen LogP contribution in [0.4, 0.5) is 22.7 Å². The number of carbonyl (C=O) groups excluding carboxylic acids is 1. The predicted octanol–water partition coefficient (Wildman–Crippen LogP) is 4.40. The zero-order chi connectivity index (χ0) is 22.5. The quantitative estimate of drug-likeness (QED) is 0.450. The lowest BCUT2D eigenvalue weighted by atomic mass is 10.1. The monoisotopic (exact) mass is 470 g/mol. The van der Waals surface area contributed by atoms with Crippen molar-refractivity contribution in [3.05, 3.63) is 56.3 Å². The Kier molecular flexibility index (Phi) is 5.21. The summed E-state index contributed by atoms with van der Waals surface area (Å²) >= 11 is 2.42. The highest BCUT2D eigenvalue weighted by atomic mass is 32.1. The van der Waals surface area contributed by atoms with E-state index in [9.17, 15) is 27.2 Å². The van der Waals surface area contributed by atoms with Crippen molar-refractivity contribution in [1.29, 1.82) is 0 Å². The van der Waals surface area contributed by atoms with Gasteiger partial charge in [0, 0.05) is 25.0 Å². The lowest BCUT2D eigenvalue weighted by Crippen LogP contribution is -2.18. The molecule has 0 saturated heterocycles. The number of hydrogen-bond acceptors (Lipinski definition) is 5. The second kappa shape index (κ2) is 7.61. The molecule has 0 aliphatic carbocycles. The van der Waals surface area contributed by atoms with E-state index in [4.69, 9.17) is 0 Å². The Morgan fingerprint density at radius 1 is 1.16 bits per heavy atom. The van der Waals surface area contributed by atoms with E-state index >= 15 is 0 Å². The third-order valence-corrected chi connectivity index (χ3v) is 6.62. The molecule has 4 aromatic rings. The van der Waals surface area contributed by atoms with Crippen LogP contribution in [0.1, 0.15) is 11.1 Å². The Morgan fingerprint density at radius 3 is 2.58 bits per heavy atom. The number of aryl methyl sites for hydroxylation is 1. The summed E-state index contributed by atoms with van der Waals surface area (Å²) in [7, 11) is 3.39. The highest BCUT2D eigenvalue weighted by Crippen LogP contribution is 2.34. The van der Waals surface area contributed by atoms with E-state index in [0.29, 0.717) is 17.0 Å². The number of thiophene rings is 1. The maximum absolute atomic E-state index is 13.8. The van der Waals surface area contributed by atoms with Crippen LogP contribution in [0.3, 0.4) is 0 Å². The van der Waals surface area contributed by atoms with Gasteiger partial charge >= 0.3 is 6.18 Å². The number of aromatic nitrogens is 3. The van der Waals surface area contributed by atoms with Crippen molar-refractivity contribution >= 4 is 43.9 Å². The zero-order valence-corrected chi connectivity index (χ0v) is 17.7. The van der Waals surface area contributed by atoms with E-state index in [1.165, 1.54) is 21.4 Å². The Hall–Kier alpha value is -2.99. The number of benzene rings is 1. The summed E-state index contributed by atoms with van der Waals surface area (Å²) in [4.78, 5) is 29.7. The van der Waals surface area contributed by atoms with Gasteiger partial charge < -0.3 is 5.32 Å². The first kappa shape index (κ1) is 21.2. The highest BCUT2D eigenvalue weighted by molar-refractivity contribution is 7.17. The predicted molar refractivity (Wildman–Crippen MR) is 111 cm³/mol. The smallest absolute Gasteiger partial charge is 0.302 e. The second-order valence-electron chi connectivity index (χ2n) is 6.75. The minimum Gasteiger partial charge on any atom is -0.302 e. The largest absolute Gasteiger partial charge is 0.419 e. The molecule has 3 heterocycles. The third-order valence-electron chi connectivity index (χ3n) is 4.77. The van der Waals surface area contributed by atoms with Crippen LogP contribution in [0, 0.1) is 5.82 Å². The molecule has 0 unspecified atom stereocenters. The van der Waals surface area contributed by atoms with Crippen molar-refractivity contribution in [3.8, 4) is 11.3 Å². The summed E-state index contributed by atoms with van der Waals surface area (Å²) in [5.74, 6) is -1.79. The van der Waals surface area contributed by atoms with Crippen LogP contribution in [-0.4, -0.2) is 20.3 Å². The Bertz CT molecular complexity index is 1360. The van der Waals surface area contributed by atoms with Crippen LogP contribution < -0.4 is 10.9 Å². The molecule has 0 radical (unpaired) electrons. The average Bonchev–Trinajstić information content (AvgIpc) is 3.36. The molecule has 0 saturated carbocycles. The molecule has 162 valence electrons. The van der Waals surface area contributed by atoms with Gasteiger partial charge in [0.1, 0.15) is 10.6 Å². The zero-order valence-electron chi connectivity index (χ0n) is 16.1. The van der Waals surface area contributed by atoms with Crippen LogP contribution in [0.25, 0.3) is 21.5 Å². The van der Waals surface area contributed by atoms with Gasteiger partial charge in [0.25, 0.3) is 5.56 Å². The van der Waals surface area contributed by atoms with Crippen LogP contribution in [-0.2, 0) is 31.5 Å². The lowest BCUT2D eigenvalue weighted by molar-refractivity contribution is -0.140. The van der Waals surface area contributed by atoms with Gasteiger partial charge in [-0.05, 0) is 23.1 Å². The Morgan fingerprint density at radius 2 is 1.90 bits per heavy atom. The molecule has 4 rings (SSSR count). The van der Waals surface area contributed by atoms with Gasteiger partial charge in [-0.25, -0.2) is 9.37 Å². The SMILES string of the molecule is Cn1c(=O)c2c(CC(=O)Nc3nc(-c4ccc(C(F)(F)F)c(F)c4)cs3)csc2n1C. The molecule has 0 aliphatic heterocycles. The molecule has 0 aliphatic rings. The van der Waals surface area contributed by atoms with Crippen LogP contribution in [0.2, 0.25) is 0 Å². The summed E-state index contributed by atoms with van der Waals surface area (Å²) in [5.41, 5.74) is -0.547. The van der Waals surface area contributed by atoms with Gasteiger partial charge in [0.05, 0.1) is 23.1 Å². The molecular formula is C19H14F4N4O2S2. The number of carbonyl (C=O) groups is 1. The first-order chi connectivity index (χ1) is 14.6. The number of thiazole rings is 1. The maximum atomic E-state index is 13.8. The van der Waals surface area contributed by atoms with Crippen molar-refractivity contribution in [1.82, 2.24) is 14.3 Å². The summed E-state index contributed by atoms with van der Waals surface area (Å²) in [6, 6.07) is 2.54. The number of rotatable bonds is 4. The molecule has 0 bridgehead atoms. The van der Waals surface area contributed by atoms with Crippen molar-refractivity contribution in [2.45, 2.75) is 12.6 Å². The molecule has 12 heteroatoms. The van der Waals surface area contributed by atoms with Crippen molar-refractivity contribution < 1.29 is 22.4 Å². The third kappa shape index (κ3) is 3.88. The molecule has 0 fully saturated rings. The normalized spacial score (nSPS) is 11.9. The molecular weight excluding hydrogens is 456 g/mol. The fraction of sp³-hybridized carbons (Fsp3) is 0.211. The molecule has 1 amide bonds. The van der Waals surface area contributed by atoms with Crippen LogP contribution in [0.5, 0.6) is 0 Å². The number of nitrogens with zero attached hydrogens (tertiary/aromatic N) is 3. The van der Waals surface area contributed by atoms with E-state index in [0.717, 1.165) is 28.3 Å². The molecule has 1 N–H and O–H groups in total. The maximum Gasteiger partial charge on any atom is 0.419 e. The average molecular weight is 470 g/mol. The molecule has 31 heavy (non-hydrogen) atoms. The summed E-state index contributed by atoms with van der Waals surface area (Å²) in [5, 5.41) is 6.58. The minimum absolute atomic E-state index is 0.0386. The van der Waals surface area contributed by atoms with Gasteiger partial charge in [-0.2, -0.15) is 13.2 Å². The number of amides is 1. The Balaban J connectivity index is 1.51. The van der Waals surface area contributed by atoms with Gasteiger partial charge in [-0.15, -0.1) is 22.7 Å². The molecule has 3 aromatic heterocycles. The fourth-order valence-corrected chi connectivity index (χ4v) is 4.92. The van der Waals surface area contributed by atoms with Gasteiger partial charge in [0.15, 0.2) is 5.13 Å². The van der Waals surface area contributed by atoms with Gasteiger partial charge in [-0.1, -0.05) is 6.07 Å². The minimum atomic E-state index is -4.78. The molecule has 6 nitrogen and oxygen atoms in total. The second-order valence-corrected chi connectivity index (χ2v) is 8.46. The van der Waals surface area contributed by atoms with E-state index in [1.54, 1.807) is 24.2 Å². The summed E-state index contributed by atoms with van der Waals surface area (Å²) < 4.78 is 55.1.